The van der Waals surface area contributed by atoms with Gasteiger partial charge in [0, 0.05) is 30.7 Å². The van der Waals surface area contributed by atoms with E-state index in [0.717, 1.165) is 53.6 Å². The maximum atomic E-state index is 11.5. The fraction of sp³-hybridized carbons (Fsp3) is 0.286. The van der Waals surface area contributed by atoms with Gasteiger partial charge < -0.3 is 15.2 Å². The van der Waals surface area contributed by atoms with Crippen molar-refractivity contribution in [1.82, 2.24) is 15.2 Å². The number of aromatic nitrogens is 3. The highest BCUT2D eigenvalue weighted by Crippen LogP contribution is 2.30. The van der Waals surface area contributed by atoms with Crippen LogP contribution in [0.4, 0.5) is 16.4 Å². The third-order valence-electron chi connectivity index (χ3n) is 4.84. The monoisotopic (exact) mass is 391 g/mol. The average molecular weight is 391 g/mol. The lowest BCUT2D eigenvalue weighted by Crippen LogP contribution is -2.13. The Morgan fingerprint density at radius 2 is 2.14 bits per heavy atom. The van der Waals surface area contributed by atoms with Crippen LogP contribution in [-0.2, 0) is 9.47 Å². The molecule has 8 heteroatoms. The maximum absolute atomic E-state index is 11.5. The Morgan fingerprint density at radius 1 is 1.31 bits per heavy atom. The minimum atomic E-state index is -0.577. The van der Waals surface area contributed by atoms with Gasteiger partial charge in [0.1, 0.15) is 5.82 Å². The molecule has 0 atom stereocenters. The average Bonchev–Trinajstić information content (AvgIpc) is 3.14. The number of rotatable bonds is 2. The minimum Gasteiger partial charge on any atom is -0.453 e. The third-order valence-corrected chi connectivity index (χ3v) is 4.84. The predicted molar refractivity (Wildman–Crippen MR) is 110 cm³/mol. The first-order valence-electron chi connectivity index (χ1n) is 9.32. The van der Waals surface area contributed by atoms with E-state index < -0.39 is 6.09 Å². The number of nitrogens with one attached hydrogen (secondary N) is 2. The highest BCUT2D eigenvalue weighted by atomic mass is 16.5. The first kappa shape index (κ1) is 18.8. The number of ether oxygens (including phenoxy) is 2. The van der Waals surface area contributed by atoms with Crippen molar-refractivity contribution in [2.24, 2.45) is 5.92 Å². The largest absolute Gasteiger partial charge is 0.453 e. The molecular weight excluding hydrogens is 370 g/mol. The van der Waals surface area contributed by atoms with Crippen molar-refractivity contribution in [3.05, 3.63) is 36.0 Å². The van der Waals surface area contributed by atoms with E-state index in [2.05, 4.69) is 37.1 Å². The molecular formula is C21H21N5O3. The van der Waals surface area contributed by atoms with Crippen LogP contribution >= 0.6 is 0 Å². The Labute approximate surface area is 167 Å². The molecule has 29 heavy (non-hydrogen) atoms. The number of amides is 1. The molecule has 0 radical (unpaired) electrons. The van der Waals surface area contributed by atoms with Crippen LogP contribution in [0, 0.1) is 17.8 Å². The number of hydrogen-bond acceptors (Lipinski definition) is 6. The van der Waals surface area contributed by atoms with Gasteiger partial charge in [-0.1, -0.05) is 11.8 Å². The van der Waals surface area contributed by atoms with Gasteiger partial charge in [0.05, 0.1) is 18.2 Å². The van der Waals surface area contributed by atoms with Crippen molar-refractivity contribution in [2.45, 2.75) is 12.8 Å². The Kier molecular flexibility index (Phi) is 5.31. The predicted octanol–water partition coefficient (Wildman–Crippen LogP) is 3.16. The highest BCUT2D eigenvalue weighted by molar-refractivity contribution is 5.96. The number of fused-ring (bicyclic) bond motifs is 1. The molecule has 4 N–H and O–H groups in total. The maximum Gasteiger partial charge on any atom is 0.412 e. The number of carbonyl (C=O) groups is 1. The summed E-state index contributed by atoms with van der Waals surface area (Å²) in [6, 6.07) is 7.56. The van der Waals surface area contributed by atoms with Crippen molar-refractivity contribution >= 4 is 28.6 Å². The third kappa shape index (κ3) is 4.15. The zero-order valence-corrected chi connectivity index (χ0v) is 16.0. The Balaban J connectivity index is 1.74. The number of nitrogen functional groups attached to an aromatic ring is 1. The molecule has 4 rings (SSSR count). The number of benzene rings is 1. The zero-order chi connectivity index (χ0) is 20.2. The summed E-state index contributed by atoms with van der Waals surface area (Å²) in [6.07, 6.45) is 2.92. The van der Waals surface area contributed by atoms with E-state index in [0.29, 0.717) is 17.6 Å². The summed E-state index contributed by atoms with van der Waals surface area (Å²) in [5.41, 5.74) is 9.46. The molecule has 1 aliphatic heterocycles. The summed E-state index contributed by atoms with van der Waals surface area (Å²) < 4.78 is 10.0. The van der Waals surface area contributed by atoms with Gasteiger partial charge in [-0.2, -0.15) is 5.10 Å². The zero-order valence-electron chi connectivity index (χ0n) is 16.0. The molecule has 1 aliphatic rings. The van der Waals surface area contributed by atoms with Crippen LogP contribution in [0.1, 0.15) is 18.4 Å². The lowest BCUT2D eigenvalue weighted by molar-refractivity contribution is 0.0807. The van der Waals surface area contributed by atoms with Crippen molar-refractivity contribution in [2.75, 3.05) is 31.4 Å². The molecule has 148 valence electrons. The Morgan fingerprint density at radius 3 is 2.93 bits per heavy atom. The second kappa shape index (κ2) is 8.20. The second-order valence-electron chi connectivity index (χ2n) is 6.76. The molecule has 0 aliphatic carbocycles. The summed E-state index contributed by atoms with van der Waals surface area (Å²) in [6.45, 7) is 1.50. The number of hydrogen-bond donors (Lipinski definition) is 3. The topological polar surface area (TPSA) is 115 Å². The second-order valence-corrected chi connectivity index (χ2v) is 6.76. The van der Waals surface area contributed by atoms with Gasteiger partial charge in [0.25, 0.3) is 0 Å². The summed E-state index contributed by atoms with van der Waals surface area (Å²) in [5, 5.41) is 10.5. The van der Waals surface area contributed by atoms with E-state index in [1.807, 2.05) is 18.2 Å². The molecule has 0 saturated carbocycles. The summed E-state index contributed by atoms with van der Waals surface area (Å²) in [7, 11) is 1.30. The Bertz CT molecular complexity index is 1110. The number of aromatic amines is 1. The summed E-state index contributed by atoms with van der Waals surface area (Å²) in [5.74, 6) is 7.78. The quantitative estimate of drug-likeness (QED) is 0.578. The highest BCUT2D eigenvalue weighted by Gasteiger charge is 2.13. The molecule has 1 fully saturated rings. The number of H-pyrrole nitrogens is 1. The smallest absolute Gasteiger partial charge is 0.412 e. The molecule has 0 spiro atoms. The van der Waals surface area contributed by atoms with Crippen molar-refractivity contribution in [3.63, 3.8) is 0 Å². The number of anilines is 2. The molecule has 1 aromatic carbocycles. The molecule has 2 aromatic heterocycles. The SMILES string of the molecule is COC(=O)Nc1cc(-c2cc(C#CC3CCOCC3)c3[nH]nc(N)c3c2)ccn1. The number of methoxy groups -OCH3 is 1. The van der Waals surface area contributed by atoms with Crippen molar-refractivity contribution in [1.29, 1.82) is 0 Å². The molecule has 0 unspecified atom stereocenters. The summed E-state index contributed by atoms with van der Waals surface area (Å²) in [4.78, 5) is 15.6. The van der Waals surface area contributed by atoms with Crippen molar-refractivity contribution in [3.8, 4) is 23.0 Å². The van der Waals surface area contributed by atoms with Crippen LogP contribution < -0.4 is 11.1 Å². The van der Waals surface area contributed by atoms with Gasteiger partial charge in [-0.25, -0.2) is 9.78 Å². The van der Waals surface area contributed by atoms with Crippen LogP contribution in [0.5, 0.6) is 0 Å². The van der Waals surface area contributed by atoms with Crippen LogP contribution in [0.2, 0.25) is 0 Å². The van der Waals surface area contributed by atoms with Crippen LogP contribution in [0.25, 0.3) is 22.0 Å². The molecule has 1 amide bonds. The van der Waals surface area contributed by atoms with E-state index in [1.165, 1.54) is 7.11 Å². The van der Waals surface area contributed by atoms with E-state index in [9.17, 15) is 4.79 Å². The normalized spacial score (nSPS) is 14.2. The van der Waals surface area contributed by atoms with Crippen molar-refractivity contribution < 1.29 is 14.3 Å². The minimum absolute atomic E-state index is 0.319. The fourth-order valence-corrected chi connectivity index (χ4v) is 3.26. The van der Waals surface area contributed by atoms with Gasteiger partial charge in [-0.05, 0) is 48.2 Å². The fourth-order valence-electron chi connectivity index (χ4n) is 3.26. The van der Waals surface area contributed by atoms with Gasteiger partial charge in [-0.15, -0.1) is 0 Å². The molecule has 0 bridgehead atoms. The van der Waals surface area contributed by atoms with Gasteiger partial charge in [0.15, 0.2) is 5.82 Å². The lowest BCUT2D eigenvalue weighted by Gasteiger charge is -2.16. The lowest BCUT2D eigenvalue weighted by atomic mass is 9.98. The molecule has 3 heterocycles. The number of nitrogens with zero attached hydrogens (tertiary/aromatic N) is 2. The standard InChI is InChI=1S/C21H21N5O3/c1-28-21(27)24-18-12-14(4-7-23-18)16-10-15(3-2-13-5-8-29-9-6-13)19-17(11-16)20(22)26-25-19/h4,7,10-13H,5-6,8-9H2,1H3,(H3,22,25,26)(H,23,24,27). The van der Waals surface area contributed by atoms with Crippen LogP contribution in [-0.4, -0.2) is 41.6 Å². The van der Waals surface area contributed by atoms with Gasteiger partial charge in [-0.3, -0.25) is 10.4 Å². The van der Waals surface area contributed by atoms with Gasteiger partial charge in [0.2, 0.25) is 0 Å². The van der Waals surface area contributed by atoms with Crippen LogP contribution in [0.15, 0.2) is 30.5 Å². The molecule has 3 aromatic rings. The Hall–Kier alpha value is -3.57. The number of pyridine rings is 1. The van der Waals surface area contributed by atoms with E-state index in [1.54, 1.807) is 12.3 Å². The molecule has 8 nitrogen and oxygen atoms in total. The summed E-state index contributed by atoms with van der Waals surface area (Å²) >= 11 is 0. The van der Waals surface area contributed by atoms with Crippen LogP contribution in [0.3, 0.4) is 0 Å². The number of carbonyl (C=O) groups excluding carboxylic acids is 1. The first-order valence-corrected chi connectivity index (χ1v) is 9.32. The number of nitrogens with two attached hydrogens (primary N) is 1. The van der Waals surface area contributed by atoms with Gasteiger partial charge >= 0.3 is 6.09 Å². The van der Waals surface area contributed by atoms with E-state index in [4.69, 9.17) is 10.5 Å². The molecule has 1 saturated heterocycles. The van der Waals surface area contributed by atoms with E-state index in [-0.39, 0.29) is 0 Å². The first-order chi connectivity index (χ1) is 14.1. The van der Waals surface area contributed by atoms with E-state index >= 15 is 0 Å².